The maximum atomic E-state index is 12.4. The number of pyridine rings is 1. The zero-order valence-electron chi connectivity index (χ0n) is 13.5. The van der Waals surface area contributed by atoms with Crippen LogP contribution in [0, 0.1) is 13.8 Å². The predicted molar refractivity (Wildman–Crippen MR) is 88.3 cm³/mol. The maximum absolute atomic E-state index is 12.4. The average Bonchev–Trinajstić information content (AvgIpc) is 3.07. The number of aryl methyl sites for hydroxylation is 2. The van der Waals surface area contributed by atoms with Gasteiger partial charge in [0.05, 0.1) is 19.1 Å². The van der Waals surface area contributed by atoms with Crippen LogP contribution in [0.3, 0.4) is 0 Å². The average molecular weight is 332 g/mol. The number of Topliss-reactive ketones (excluding diaryl/α,β-unsaturated/α-hetero) is 1. The van der Waals surface area contributed by atoms with E-state index in [2.05, 4.69) is 9.97 Å². The number of hydrogen-bond donors (Lipinski definition) is 0. The molecule has 122 valence electrons. The fourth-order valence-electron chi connectivity index (χ4n) is 2.61. The van der Waals surface area contributed by atoms with Gasteiger partial charge >= 0.3 is 0 Å². The SMILES string of the molecule is Cc1cc(O[C@H]2CO[C@H](C)C2)cc(C(=O)Cc2nc(C)cs2)n1. The highest BCUT2D eigenvalue weighted by Crippen LogP contribution is 2.22. The number of ketones is 1. The molecule has 6 heteroatoms. The summed E-state index contributed by atoms with van der Waals surface area (Å²) >= 11 is 1.50. The summed E-state index contributed by atoms with van der Waals surface area (Å²) in [5.74, 6) is 0.641. The van der Waals surface area contributed by atoms with Crippen LogP contribution in [0.5, 0.6) is 5.75 Å². The van der Waals surface area contributed by atoms with Gasteiger partial charge in [0.25, 0.3) is 0 Å². The van der Waals surface area contributed by atoms with Crippen molar-refractivity contribution in [3.05, 3.63) is 39.6 Å². The Hall–Kier alpha value is -1.79. The van der Waals surface area contributed by atoms with Gasteiger partial charge in [-0.05, 0) is 20.8 Å². The number of nitrogens with zero attached hydrogens (tertiary/aromatic N) is 2. The molecule has 2 aromatic rings. The van der Waals surface area contributed by atoms with Crippen LogP contribution in [0.2, 0.25) is 0 Å². The Bertz CT molecular complexity index is 714. The van der Waals surface area contributed by atoms with E-state index in [0.717, 1.165) is 22.8 Å². The second-order valence-corrected chi connectivity index (χ2v) is 6.87. The van der Waals surface area contributed by atoms with Gasteiger partial charge in [-0.15, -0.1) is 11.3 Å². The number of aromatic nitrogens is 2. The summed E-state index contributed by atoms with van der Waals surface area (Å²) < 4.78 is 11.5. The third-order valence-corrected chi connectivity index (χ3v) is 4.62. The van der Waals surface area contributed by atoms with Crippen LogP contribution < -0.4 is 4.74 Å². The molecule has 3 heterocycles. The van der Waals surface area contributed by atoms with E-state index in [9.17, 15) is 4.79 Å². The summed E-state index contributed by atoms with van der Waals surface area (Å²) in [5.41, 5.74) is 2.14. The fourth-order valence-corrected chi connectivity index (χ4v) is 3.38. The highest BCUT2D eigenvalue weighted by molar-refractivity contribution is 7.09. The quantitative estimate of drug-likeness (QED) is 0.787. The Morgan fingerprint density at radius 2 is 2.17 bits per heavy atom. The van der Waals surface area contributed by atoms with Crippen molar-refractivity contribution in [1.29, 1.82) is 0 Å². The number of carbonyl (C=O) groups is 1. The molecule has 1 aliphatic rings. The van der Waals surface area contributed by atoms with E-state index >= 15 is 0 Å². The highest BCUT2D eigenvalue weighted by atomic mass is 32.1. The fraction of sp³-hybridized carbons (Fsp3) is 0.471. The van der Waals surface area contributed by atoms with Crippen molar-refractivity contribution in [2.45, 2.75) is 45.8 Å². The van der Waals surface area contributed by atoms with Crippen molar-refractivity contribution in [3.63, 3.8) is 0 Å². The van der Waals surface area contributed by atoms with E-state index in [1.807, 2.05) is 32.2 Å². The van der Waals surface area contributed by atoms with Gasteiger partial charge in [-0.2, -0.15) is 0 Å². The summed E-state index contributed by atoms with van der Waals surface area (Å²) in [7, 11) is 0. The van der Waals surface area contributed by atoms with Gasteiger partial charge in [-0.25, -0.2) is 9.97 Å². The van der Waals surface area contributed by atoms with Gasteiger partial charge in [-0.3, -0.25) is 4.79 Å². The molecular weight excluding hydrogens is 312 g/mol. The largest absolute Gasteiger partial charge is 0.488 e. The molecule has 2 atom stereocenters. The van der Waals surface area contributed by atoms with E-state index in [4.69, 9.17) is 9.47 Å². The molecule has 0 amide bonds. The second-order valence-electron chi connectivity index (χ2n) is 5.93. The summed E-state index contributed by atoms with van der Waals surface area (Å²) in [6, 6.07) is 3.58. The Labute approximate surface area is 139 Å². The molecule has 1 saturated heterocycles. The first-order valence-corrected chi connectivity index (χ1v) is 8.58. The third kappa shape index (κ3) is 4.14. The van der Waals surface area contributed by atoms with E-state index in [0.29, 0.717) is 18.1 Å². The molecular formula is C17H20N2O3S. The molecule has 1 fully saturated rings. The minimum Gasteiger partial charge on any atom is -0.488 e. The Kier molecular flexibility index (Phi) is 4.73. The maximum Gasteiger partial charge on any atom is 0.188 e. The minimum absolute atomic E-state index is 0.0380. The minimum atomic E-state index is -0.0380. The molecule has 0 saturated carbocycles. The molecule has 3 rings (SSSR count). The standard InChI is InChI=1S/C17H20N2O3S/c1-10-4-13(22-14-5-12(3)21-8-14)6-15(18-10)16(20)7-17-19-11(2)9-23-17/h4,6,9,12,14H,5,7-8H2,1-3H3/t12-,14-/m1/s1. The molecule has 0 N–H and O–H groups in total. The van der Waals surface area contributed by atoms with Crippen LogP contribution in [0.25, 0.3) is 0 Å². The topological polar surface area (TPSA) is 61.3 Å². The van der Waals surface area contributed by atoms with Gasteiger partial charge in [0.2, 0.25) is 0 Å². The third-order valence-electron chi connectivity index (χ3n) is 3.66. The van der Waals surface area contributed by atoms with Crippen LogP contribution in [0.15, 0.2) is 17.5 Å². The lowest BCUT2D eigenvalue weighted by molar-refractivity contribution is 0.0985. The molecule has 5 nitrogen and oxygen atoms in total. The van der Waals surface area contributed by atoms with Crippen LogP contribution in [-0.4, -0.2) is 34.6 Å². The molecule has 0 aliphatic carbocycles. The van der Waals surface area contributed by atoms with Crippen molar-refractivity contribution in [3.8, 4) is 5.75 Å². The van der Waals surface area contributed by atoms with E-state index in [-0.39, 0.29) is 24.4 Å². The molecule has 0 radical (unpaired) electrons. The van der Waals surface area contributed by atoms with Crippen molar-refractivity contribution < 1.29 is 14.3 Å². The normalized spacial score (nSPS) is 20.7. The molecule has 0 bridgehead atoms. The van der Waals surface area contributed by atoms with Crippen LogP contribution >= 0.6 is 11.3 Å². The lowest BCUT2D eigenvalue weighted by atomic mass is 10.1. The first-order valence-electron chi connectivity index (χ1n) is 7.71. The van der Waals surface area contributed by atoms with Gasteiger partial charge < -0.3 is 9.47 Å². The summed E-state index contributed by atoms with van der Waals surface area (Å²) in [6.07, 6.45) is 1.40. The van der Waals surface area contributed by atoms with E-state index in [1.54, 1.807) is 6.07 Å². The van der Waals surface area contributed by atoms with Gasteiger partial charge in [0.1, 0.15) is 22.6 Å². The Morgan fingerprint density at radius 1 is 1.35 bits per heavy atom. The first kappa shape index (κ1) is 16.1. The molecule has 0 aromatic carbocycles. The first-order chi connectivity index (χ1) is 11.0. The molecule has 23 heavy (non-hydrogen) atoms. The van der Waals surface area contributed by atoms with Crippen LogP contribution in [0.1, 0.15) is 40.2 Å². The van der Waals surface area contributed by atoms with E-state index in [1.165, 1.54) is 11.3 Å². The van der Waals surface area contributed by atoms with Crippen molar-refractivity contribution >= 4 is 17.1 Å². The lowest BCUT2D eigenvalue weighted by Crippen LogP contribution is -2.17. The Morgan fingerprint density at radius 3 is 2.83 bits per heavy atom. The van der Waals surface area contributed by atoms with Gasteiger partial charge in [0, 0.05) is 35.3 Å². The molecule has 0 unspecified atom stereocenters. The predicted octanol–water partition coefficient (Wildman–Crippen LogP) is 3.14. The van der Waals surface area contributed by atoms with Crippen molar-refractivity contribution in [1.82, 2.24) is 9.97 Å². The van der Waals surface area contributed by atoms with Crippen LogP contribution in [0.4, 0.5) is 0 Å². The zero-order valence-corrected chi connectivity index (χ0v) is 14.4. The van der Waals surface area contributed by atoms with Crippen molar-refractivity contribution in [2.24, 2.45) is 0 Å². The Balaban J connectivity index is 1.72. The summed E-state index contributed by atoms with van der Waals surface area (Å²) in [6.45, 7) is 6.41. The van der Waals surface area contributed by atoms with Gasteiger partial charge in [0.15, 0.2) is 5.78 Å². The highest BCUT2D eigenvalue weighted by Gasteiger charge is 2.24. The zero-order chi connectivity index (χ0) is 16.4. The number of ether oxygens (including phenoxy) is 2. The molecule has 0 spiro atoms. The number of carbonyl (C=O) groups excluding carboxylic acids is 1. The summed E-state index contributed by atoms with van der Waals surface area (Å²) in [5, 5.41) is 2.76. The molecule has 2 aromatic heterocycles. The smallest absolute Gasteiger partial charge is 0.188 e. The second kappa shape index (κ2) is 6.76. The lowest BCUT2D eigenvalue weighted by Gasteiger charge is -2.13. The van der Waals surface area contributed by atoms with E-state index < -0.39 is 0 Å². The van der Waals surface area contributed by atoms with Crippen molar-refractivity contribution in [2.75, 3.05) is 6.61 Å². The number of rotatable bonds is 5. The molecule has 1 aliphatic heterocycles. The summed E-state index contributed by atoms with van der Waals surface area (Å²) in [4.78, 5) is 21.1. The number of thiazole rings is 1. The number of hydrogen-bond acceptors (Lipinski definition) is 6. The monoisotopic (exact) mass is 332 g/mol. The van der Waals surface area contributed by atoms with Crippen LogP contribution in [-0.2, 0) is 11.2 Å². The van der Waals surface area contributed by atoms with Gasteiger partial charge in [-0.1, -0.05) is 0 Å².